The molecule has 0 spiro atoms. The van der Waals surface area contributed by atoms with E-state index < -0.39 is 11.7 Å². The van der Waals surface area contributed by atoms with Crippen LogP contribution in [0.25, 0.3) is 0 Å². The van der Waals surface area contributed by atoms with E-state index in [1.165, 1.54) is 7.05 Å². The van der Waals surface area contributed by atoms with Gasteiger partial charge in [-0.25, -0.2) is 0 Å². The summed E-state index contributed by atoms with van der Waals surface area (Å²) in [6, 6.07) is 0. The summed E-state index contributed by atoms with van der Waals surface area (Å²) in [5.74, 6) is 0. The molecular formula is C5H6F3N. The summed E-state index contributed by atoms with van der Waals surface area (Å²) in [5, 5.41) is 0. The number of aliphatic imine (C=N–C) groups is 1. The normalized spacial score (nSPS) is 12.4. The molecule has 0 aliphatic heterocycles. The van der Waals surface area contributed by atoms with Crippen molar-refractivity contribution in [1.82, 2.24) is 0 Å². The Bertz CT molecular complexity index is 134. The quantitative estimate of drug-likeness (QED) is 0.488. The minimum absolute atomic E-state index is 0.681. The highest BCUT2D eigenvalue weighted by molar-refractivity contribution is 5.79. The molecule has 0 amide bonds. The molecular weight excluding hydrogens is 131 g/mol. The molecule has 0 rings (SSSR count). The number of halogens is 3. The van der Waals surface area contributed by atoms with Gasteiger partial charge in [-0.05, 0) is 0 Å². The lowest BCUT2D eigenvalue weighted by molar-refractivity contribution is -0.0852. The number of nitrogens with zero attached hydrogens (tertiary/aromatic N) is 1. The van der Waals surface area contributed by atoms with Crippen molar-refractivity contribution < 1.29 is 13.2 Å². The van der Waals surface area contributed by atoms with Crippen LogP contribution in [0.5, 0.6) is 0 Å². The monoisotopic (exact) mass is 137 g/mol. The fourth-order valence-electron chi connectivity index (χ4n) is 0.229. The SMILES string of the molecule is C=C(C=NC)C(F)(F)F. The first-order valence-electron chi connectivity index (χ1n) is 2.16. The van der Waals surface area contributed by atoms with E-state index in [1.807, 2.05) is 0 Å². The van der Waals surface area contributed by atoms with Gasteiger partial charge in [-0.2, -0.15) is 13.2 Å². The first-order valence-corrected chi connectivity index (χ1v) is 2.16. The molecule has 0 aromatic heterocycles. The van der Waals surface area contributed by atoms with Gasteiger partial charge in [0.15, 0.2) is 0 Å². The van der Waals surface area contributed by atoms with Crippen LogP contribution in [0.2, 0.25) is 0 Å². The first-order chi connectivity index (χ1) is 3.98. The summed E-state index contributed by atoms with van der Waals surface area (Å²) >= 11 is 0. The van der Waals surface area contributed by atoms with Gasteiger partial charge in [0, 0.05) is 13.3 Å². The van der Waals surface area contributed by atoms with Gasteiger partial charge in [0.1, 0.15) is 0 Å². The van der Waals surface area contributed by atoms with Gasteiger partial charge >= 0.3 is 6.18 Å². The van der Waals surface area contributed by atoms with Crippen LogP contribution in [-0.2, 0) is 0 Å². The number of rotatable bonds is 1. The Kier molecular flexibility index (Phi) is 2.42. The van der Waals surface area contributed by atoms with Crippen LogP contribution in [0.15, 0.2) is 17.1 Å². The Morgan fingerprint density at radius 3 is 2.11 bits per heavy atom. The third kappa shape index (κ3) is 2.90. The second-order valence-corrected chi connectivity index (χ2v) is 1.41. The van der Waals surface area contributed by atoms with Gasteiger partial charge in [-0.3, -0.25) is 4.99 Å². The van der Waals surface area contributed by atoms with E-state index in [-0.39, 0.29) is 0 Å². The highest BCUT2D eigenvalue weighted by Crippen LogP contribution is 2.21. The maximum absolute atomic E-state index is 11.4. The van der Waals surface area contributed by atoms with Crippen molar-refractivity contribution >= 4 is 6.21 Å². The summed E-state index contributed by atoms with van der Waals surface area (Å²) < 4.78 is 34.3. The molecule has 0 heterocycles. The number of hydrogen-bond acceptors (Lipinski definition) is 1. The fourth-order valence-corrected chi connectivity index (χ4v) is 0.229. The summed E-state index contributed by atoms with van der Waals surface area (Å²) in [7, 11) is 1.26. The van der Waals surface area contributed by atoms with E-state index in [1.54, 1.807) is 0 Å². The van der Waals surface area contributed by atoms with Gasteiger partial charge in [-0.15, -0.1) is 0 Å². The van der Waals surface area contributed by atoms with Crippen molar-refractivity contribution in [3.8, 4) is 0 Å². The molecule has 4 heteroatoms. The fraction of sp³-hybridized carbons (Fsp3) is 0.400. The van der Waals surface area contributed by atoms with Crippen LogP contribution >= 0.6 is 0 Å². The predicted molar refractivity (Wildman–Crippen MR) is 29.6 cm³/mol. The Hall–Kier alpha value is -0.800. The molecule has 52 valence electrons. The molecule has 0 saturated carbocycles. The second kappa shape index (κ2) is 2.66. The summed E-state index contributed by atoms with van der Waals surface area (Å²) in [5.41, 5.74) is -0.926. The molecule has 0 aliphatic carbocycles. The average Bonchev–Trinajstić information content (AvgIpc) is 1.64. The lowest BCUT2D eigenvalue weighted by Crippen LogP contribution is -2.11. The first kappa shape index (κ1) is 8.20. The number of hydrogen-bond donors (Lipinski definition) is 0. The average molecular weight is 137 g/mol. The van der Waals surface area contributed by atoms with Gasteiger partial charge in [0.25, 0.3) is 0 Å². The zero-order valence-corrected chi connectivity index (χ0v) is 4.87. The Morgan fingerprint density at radius 1 is 1.56 bits per heavy atom. The zero-order chi connectivity index (χ0) is 7.49. The standard InChI is InChI=1S/C5H6F3N/c1-4(3-9-2)5(6,7)8/h3H,1H2,2H3. The Labute approximate surface area is 50.9 Å². The van der Waals surface area contributed by atoms with E-state index >= 15 is 0 Å². The molecule has 1 nitrogen and oxygen atoms in total. The summed E-state index contributed by atoms with van der Waals surface area (Å²) in [4.78, 5) is 3.16. The van der Waals surface area contributed by atoms with Crippen LogP contribution < -0.4 is 0 Å². The number of allylic oxidation sites excluding steroid dienone is 1. The van der Waals surface area contributed by atoms with Crippen molar-refractivity contribution in [3.05, 3.63) is 12.2 Å². The lowest BCUT2D eigenvalue weighted by Gasteiger charge is -2.02. The van der Waals surface area contributed by atoms with Gasteiger partial charge in [0.05, 0.1) is 5.57 Å². The molecule has 0 unspecified atom stereocenters. The van der Waals surface area contributed by atoms with Crippen LogP contribution in [0.3, 0.4) is 0 Å². The highest BCUT2D eigenvalue weighted by Gasteiger charge is 2.30. The van der Waals surface area contributed by atoms with Crippen molar-refractivity contribution in [1.29, 1.82) is 0 Å². The van der Waals surface area contributed by atoms with Crippen molar-refractivity contribution in [2.45, 2.75) is 6.18 Å². The molecule has 0 aliphatic rings. The van der Waals surface area contributed by atoms with Gasteiger partial charge in [0.2, 0.25) is 0 Å². The second-order valence-electron chi connectivity index (χ2n) is 1.41. The molecule has 0 saturated heterocycles. The van der Waals surface area contributed by atoms with E-state index in [9.17, 15) is 13.2 Å². The van der Waals surface area contributed by atoms with Gasteiger partial charge < -0.3 is 0 Å². The van der Waals surface area contributed by atoms with E-state index in [0.717, 1.165) is 0 Å². The topological polar surface area (TPSA) is 12.4 Å². The van der Waals surface area contributed by atoms with Crippen molar-refractivity contribution in [2.24, 2.45) is 4.99 Å². The molecule has 9 heavy (non-hydrogen) atoms. The summed E-state index contributed by atoms with van der Waals surface area (Å²) in [6.07, 6.45) is -3.65. The molecule has 0 N–H and O–H groups in total. The van der Waals surface area contributed by atoms with Gasteiger partial charge in [-0.1, -0.05) is 6.58 Å². The molecule has 0 radical (unpaired) electrons. The largest absolute Gasteiger partial charge is 0.417 e. The maximum Gasteiger partial charge on any atom is 0.417 e. The zero-order valence-electron chi connectivity index (χ0n) is 4.87. The Balaban J connectivity index is 4.06. The van der Waals surface area contributed by atoms with E-state index in [0.29, 0.717) is 6.21 Å². The number of alkyl halides is 3. The van der Waals surface area contributed by atoms with Crippen LogP contribution in [0.1, 0.15) is 0 Å². The van der Waals surface area contributed by atoms with Crippen LogP contribution in [0, 0.1) is 0 Å². The molecule has 0 atom stereocenters. The highest BCUT2D eigenvalue weighted by atomic mass is 19.4. The summed E-state index contributed by atoms with van der Waals surface area (Å²) in [6.45, 7) is 2.74. The predicted octanol–water partition coefficient (Wildman–Crippen LogP) is 1.81. The maximum atomic E-state index is 11.4. The molecule has 0 bridgehead atoms. The smallest absolute Gasteiger partial charge is 0.296 e. The third-order valence-electron chi connectivity index (χ3n) is 0.649. The molecule has 0 aromatic rings. The minimum atomic E-state index is -4.33. The molecule has 0 aromatic carbocycles. The molecule has 0 fully saturated rings. The third-order valence-corrected chi connectivity index (χ3v) is 0.649. The van der Waals surface area contributed by atoms with Crippen LogP contribution in [0.4, 0.5) is 13.2 Å². The van der Waals surface area contributed by atoms with Crippen molar-refractivity contribution in [2.75, 3.05) is 7.05 Å². The van der Waals surface area contributed by atoms with E-state index in [2.05, 4.69) is 11.6 Å². The van der Waals surface area contributed by atoms with Crippen LogP contribution in [-0.4, -0.2) is 19.4 Å². The lowest BCUT2D eigenvalue weighted by atomic mass is 10.3. The van der Waals surface area contributed by atoms with E-state index in [4.69, 9.17) is 0 Å². The Morgan fingerprint density at radius 2 is 2.00 bits per heavy atom. The van der Waals surface area contributed by atoms with Crippen molar-refractivity contribution in [3.63, 3.8) is 0 Å². The minimum Gasteiger partial charge on any atom is -0.296 e.